The number of nitrogens with one attached hydrogen (secondary N) is 1. The molecule has 0 unspecified atom stereocenters. The van der Waals surface area contributed by atoms with Gasteiger partial charge >= 0.3 is 0 Å². The van der Waals surface area contributed by atoms with E-state index >= 15 is 0 Å². The lowest BCUT2D eigenvalue weighted by molar-refractivity contribution is -0.117. The summed E-state index contributed by atoms with van der Waals surface area (Å²) in [4.78, 5) is 15.8. The molecule has 0 saturated heterocycles. The van der Waals surface area contributed by atoms with Crippen LogP contribution < -0.4 is 5.32 Å². The first kappa shape index (κ1) is 19.5. The minimum atomic E-state index is -0.272. The van der Waals surface area contributed by atoms with E-state index in [9.17, 15) is 14.4 Å². The van der Waals surface area contributed by atoms with E-state index in [1.807, 2.05) is 17.9 Å². The first-order valence-electron chi connectivity index (χ1n) is 9.42. The van der Waals surface area contributed by atoms with Crippen LogP contribution in [0.1, 0.15) is 47.8 Å². The maximum Gasteiger partial charge on any atom is 0.239 e. The van der Waals surface area contributed by atoms with Crippen LogP contribution in [0.4, 0.5) is 9.39 Å². The molecule has 0 bridgehead atoms. The minimum Gasteiger partial charge on any atom is -0.315 e. The Hall–Kier alpha value is -2.23. The van der Waals surface area contributed by atoms with Crippen LogP contribution in [0.25, 0.3) is 0 Å². The van der Waals surface area contributed by atoms with Gasteiger partial charge in [0.05, 0.1) is 12.1 Å². The predicted molar refractivity (Wildman–Crippen MR) is 106 cm³/mol. The van der Waals surface area contributed by atoms with Crippen LogP contribution >= 0.6 is 11.3 Å². The molecule has 1 amide bonds. The minimum absolute atomic E-state index is 0.138. The van der Waals surface area contributed by atoms with Crippen molar-refractivity contribution >= 4 is 22.2 Å². The Kier molecular flexibility index (Phi) is 6.59. The molecular weight excluding hydrogens is 361 g/mol. The van der Waals surface area contributed by atoms with E-state index in [1.165, 1.54) is 23.4 Å². The Balaban J connectivity index is 1.67. The highest BCUT2D eigenvalue weighted by Gasteiger charge is 2.21. The lowest BCUT2D eigenvalue weighted by Gasteiger charge is -2.19. The molecule has 1 aromatic heterocycles. The number of thiophene rings is 1. The van der Waals surface area contributed by atoms with Gasteiger partial charge < -0.3 is 5.32 Å². The quantitative estimate of drug-likeness (QED) is 0.746. The van der Waals surface area contributed by atoms with Crippen LogP contribution in [0.5, 0.6) is 0 Å². The molecule has 0 aliphatic heterocycles. The third kappa shape index (κ3) is 4.94. The molecule has 1 N–H and O–H groups in total. The maximum atomic E-state index is 13.4. The normalized spacial score (nSPS) is 13.7. The van der Waals surface area contributed by atoms with E-state index < -0.39 is 0 Å². The van der Waals surface area contributed by atoms with E-state index in [2.05, 4.69) is 11.4 Å². The molecule has 0 atom stereocenters. The molecule has 27 heavy (non-hydrogen) atoms. The fourth-order valence-electron chi connectivity index (χ4n) is 3.49. The van der Waals surface area contributed by atoms with Crippen molar-refractivity contribution in [1.82, 2.24) is 4.90 Å². The van der Waals surface area contributed by atoms with Gasteiger partial charge in [0.15, 0.2) is 0 Å². The number of nitrogens with zero attached hydrogens (tertiary/aromatic N) is 2. The van der Waals surface area contributed by atoms with Crippen LogP contribution in [0, 0.1) is 17.1 Å². The molecule has 0 fully saturated rings. The summed E-state index contributed by atoms with van der Waals surface area (Å²) in [5.74, 6) is -0.409. The van der Waals surface area contributed by atoms with E-state index in [0.29, 0.717) is 23.7 Å². The maximum absolute atomic E-state index is 13.4. The number of hydrogen-bond acceptors (Lipinski definition) is 4. The number of nitriles is 1. The van der Waals surface area contributed by atoms with Crippen LogP contribution in [0.3, 0.4) is 0 Å². The van der Waals surface area contributed by atoms with Gasteiger partial charge in [-0.2, -0.15) is 5.26 Å². The van der Waals surface area contributed by atoms with Gasteiger partial charge in [-0.1, -0.05) is 25.5 Å². The van der Waals surface area contributed by atoms with Crippen molar-refractivity contribution in [3.63, 3.8) is 0 Å². The monoisotopic (exact) mass is 385 g/mol. The summed E-state index contributed by atoms with van der Waals surface area (Å²) < 4.78 is 13.4. The molecule has 1 heterocycles. The van der Waals surface area contributed by atoms with E-state index in [4.69, 9.17) is 0 Å². The van der Waals surface area contributed by atoms with Gasteiger partial charge in [-0.3, -0.25) is 9.69 Å². The topological polar surface area (TPSA) is 56.1 Å². The number of benzene rings is 1. The van der Waals surface area contributed by atoms with Crippen molar-refractivity contribution in [1.29, 1.82) is 5.26 Å². The second-order valence-electron chi connectivity index (χ2n) is 6.86. The Morgan fingerprint density at radius 2 is 2.15 bits per heavy atom. The van der Waals surface area contributed by atoms with Crippen molar-refractivity contribution in [2.24, 2.45) is 0 Å². The predicted octanol–water partition coefficient (Wildman–Crippen LogP) is 4.49. The van der Waals surface area contributed by atoms with Crippen molar-refractivity contribution in [2.45, 2.75) is 45.6 Å². The first-order valence-corrected chi connectivity index (χ1v) is 10.2. The second kappa shape index (κ2) is 9.12. The molecule has 4 nitrogen and oxygen atoms in total. The number of carbonyl (C=O) groups is 1. The van der Waals surface area contributed by atoms with Gasteiger partial charge in [0.2, 0.25) is 5.91 Å². The highest BCUT2D eigenvalue weighted by Crippen LogP contribution is 2.36. The number of halogens is 1. The standard InChI is InChI=1S/C21H24FN3OS/c1-2-25(13-15-7-6-8-16(22)11-15)14-20(26)24-21-18(12-23)17-9-4-3-5-10-19(17)27-21/h6-8,11H,2-5,9-10,13-14H2,1H3,(H,24,26). The number of anilines is 1. The van der Waals surface area contributed by atoms with Gasteiger partial charge in [-0.05, 0) is 55.5 Å². The number of hydrogen-bond donors (Lipinski definition) is 1. The molecule has 3 rings (SSSR count). The zero-order valence-corrected chi connectivity index (χ0v) is 16.4. The molecule has 0 spiro atoms. The first-order chi connectivity index (χ1) is 13.1. The fourth-order valence-corrected chi connectivity index (χ4v) is 4.75. The van der Waals surface area contributed by atoms with Crippen molar-refractivity contribution in [3.05, 3.63) is 51.7 Å². The molecule has 142 valence electrons. The van der Waals surface area contributed by atoms with E-state index in [0.717, 1.165) is 36.8 Å². The number of amides is 1. The Bertz CT molecular complexity index is 856. The highest BCUT2D eigenvalue weighted by atomic mass is 32.1. The van der Waals surface area contributed by atoms with Gasteiger partial charge in [0.1, 0.15) is 16.9 Å². The molecule has 0 radical (unpaired) electrons. The average Bonchev–Trinajstić information content (AvgIpc) is 2.80. The third-order valence-corrected chi connectivity index (χ3v) is 6.10. The van der Waals surface area contributed by atoms with Gasteiger partial charge in [0.25, 0.3) is 0 Å². The molecule has 1 aliphatic carbocycles. The third-order valence-electron chi connectivity index (χ3n) is 4.90. The molecule has 1 aromatic carbocycles. The Labute approximate surface area is 163 Å². The van der Waals surface area contributed by atoms with Crippen molar-refractivity contribution < 1.29 is 9.18 Å². The van der Waals surface area contributed by atoms with Gasteiger partial charge in [-0.15, -0.1) is 11.3 Å². The summed E-state index contributed by atoms with van der Waals surface area (Å²) in [7, 11) is 0. The summed E-state index contributed by atoms with van der Waals surface area (Å²) in [6.45, 7) is 3.37. The van der Waals surface area contributed by atoms with Gasteiger partial charge in [0, 0.05) is 11.4 Å². The molecule has 0 saturated carbocycles. The van der Waals surface area contributed by atoms with Crippen LogP contribution in [0.15, 0.2) is 24.3 Å². The van der Waals surface area contributed by atoms with Crippen LogP contribution in [-0.2, 0) is 24.2 Å². The average molecular weight is 386 g/mol. The smallest absolute Gasteiger partial charge is 0.239 e. The number of fused-ring (bicyclic) bond motifs is 1. The Morgan fingerprint density at radius 1 is 1.33 bits per heavy atom. The molecule has 1 aliphatic rings. The lowest BCUT2D eigenvalue weighted by Crippen LogP contribution is -2.32. The van der Waals surface area contributed by atoms with Crippen LogP contribution in [-0.4, -0.2) is 23.9 Å². The van der Waals surface area contributed by atoms with Crippen molar-refractivity contribution in [3.8, 4) is 6.07 Å². The SMILES string of the molecule is CCN(CC(=O)Nc1sc2c(c1C#N)CCCCC2)Cc1cccc(F)c1. The summed E-state index contributed by atoms with van der Waals surface area (Å²) in [6, 6.07) is 8.73. The fraction of sp³-hybridized carbons (Fsp3) is 0.429. The van der Waals surface area contributed by atoms with Crippen molar-refractivity contribution in [2.75, 3.05) is 18.4 Å². The largest absolute Gasteiger partial charge is 0.315 e. The van der Waals surface area contributed by atoms with E-state index in [-0.39, 0.29) is 18.3 Å². The zero-order chi connectivity index (χ0) is 19.2. The number of rotatable bonds is 6. The zero-order valence-electron chi connectivity index (χ0n) is 15.6. The summed E-state index contributed by atoms with van der Waals surface area (Å²) in [6.07, 6.45) is 5.35. The van der Waals surface area contributed by atoms with Crippen LogP contribution in [0.2, 0.25) is 0 Å². The summed E-state index contributed by atoms with van der Waals surface area (Å²) >= 11 is 1.55. The van der Waals surface area contributed by atoms with E-state index in [1.54, 1.807) is 17.4 Å². The summed E-state index contributed by atoms with van der Waals surface area (Å²) in [5, 5.41) is 13.2. The summed E-state index contributed by atoms with van der Waals surface area (Å²) in [5.41, 5.74) is 2.60. The Morgan fingerprint density at radius 3 is 2.89 bits per heavy atom. The number of carbonyl (C=O) groups excluding carboxylic acids is 1. The second-order valence-corrected chi connectivity index (χ2v) is 7.97. The van der Waals surface area contributed by atoms with Gasteiger partial charge in [-0.25, -0.2) is 4.39 Å². The highest BCUT2D eigenvalue weighted by molar-refractivity contribution is 7.16. The molecular formula is C21H24FN3OS. The number of aryl methyl sites for hydroxylation is 1. The molecule has 6 heteroatoms. The number of likely N-dealkylation sites (N-methyl/N-ethyl adjacent to an activating group) is 1. The lowest BCUT2D eigenvalue weighted by atomic mass is 10.1. The molecule has 2 aromatic rings.